The lowest BCUT2D eigenvalue weighted by Crippen LogP contribution is -2.43. The third-order valence-electron chi connectivity index (χ3n) is 4.30. The predicted molar refractivity (Wildman–Crippen MR) is 86.4 cm³/mol. The van der Waals surface area contributed by atoms with Crippen LogP contribution in [0.1, 0.15) is 26.7 Å². The van der Waals surface area contributed by atoms with E-state index < -0.39 is 12.8 Å². The van der Waals surface area contributed by atoms with Gasteiger partial charge in [-0.05, 0) is 32.8 Å². The highest BCUT2D eigenvalue weighted by Gasteiger charge is 2.30. The molecule has 1 aliphatic rings. The Morgan fingerprint density at radius 3 is 2.44 bits per heavy atom. The molecule has 0 unspecified atom stereocenters. The van der Waals surface area contributed by atoms with E-state index in [1.807, 2.05) is 25.8 Å². The van der Waals surface area contributed by atoms with Gasteiger partial charge in [0.15, 0.2) is 12.4 Å². The first kappa shape index (κ1) is 19.3. The normalized spacial score (nSPS) is 16.2. The highest BCUT2D eigenvalue weighted by Crippen LogP contribution is 2.24. The maximum absolute atomic E-state index is 12.4. The maximum Gasteiger partial charge on any atom is 0.422 e. The van der Waals surface area contributed by atoms with Crippen LogP contribution in [0.25, 0.3) is 0 Å². The Balaban J connectivity index is 1.87. The van der Waals surface area contributed by atoms with Crippen molar-refractivity contribution in [2.24, 2.45) is 5.92 Å². The van der Waals surface area contributed by atoms with Gasteiger partial charge in [0.25, 0.3) is 0 Å². The molecule has 1 fully saturated rings. The molecule has 1 aromatic heterocycles. The number of anilines is 1. The van der Waals surface area contributed by atoms with Crippen LogP contribution in [0, 0.1) is 5.92 Å². The van der Waals surface area contributed by atoms with Crippen molar-refractivity contribution in [2.45, 2.75) is 38.9 Å². The Labute approximate surface area is 145 Å². The second-order valence-electron chi connectivity index (χ2n) is 6.44. The lowest BCUT2D eigenvalue weighted by atomic mass is 9.95. The lowest BCUT2D eigenvalue weighted by molar-refractivity contribution is -0.154. The number of amides is 1. The van der Waals surface area contributed by atoms with Gasteiger partial charge in [-0.2, -0.15) is 13.2 Å². The van der Waals surface area contributed by atoms with Crippen LogP contribution >= 0.6 is 0 Å². The SMILES string of the molecule is CC(C)N(C)C(=O)C1CCN(c2ccc(OCC(F)(F)F)nn2)CC1. The second kappa shape index (κ2) is 7.88. The third kappa shape index (κ3) is 5.47. The molecule has 0 spiro atoms. The molecule has 0 N–H and O–H groups in total. The van der Waals surface area contributed by atoms with E-state index in [1.165, 1.54) is 6.07 Å². The first-order valence-corrected chi connectivity index (χ1v) is 8.22. The van der Waals surface area contributed by atoms with Crippen LogP contribution in [-0.2, 0) is 4.79 Å². The van der Waals surface area contributed by atoms with Crippen molar-refractivity contribution in [1.82, 2.24) is 15.1 Å². The summed E-state index contributed by atoms with van der Waals surface area (Å²) in [4.78, 5) is 16.1. The number of rotatable bonds is 5. The van der Waals surface area contributed by atoms with E-state index in [2.05, 4.69) is 14.9 Å². The summed E-state index contributed by atoms with van der Waals surface area (Å²) in [5, 5.41) is 7.60. The third-order valence-corrected chi connectivity index (χ3v) is 4.30. The summed E-state index contributed by atoms with van der Waals surface area (Å²) in [6.45, 7) is 3.87. The summed E-state index contributed by atoms with van der Waals surface area (Å²) in [5.74, 6) is 0.551. The number of hydrogen-bond acceptors (Lipinski definition) is 5. The standard InChI is InChI=1S/C16H23F3N4O2/c1-11(2)22(3)15(24)12-6-8-23(9-7-12)13-4-5-14(21-20-13)25-10-16(17,18)19/h4-5,11-12H,6-10H2,1-3H3. The number of alkyl halides is 3. The number of ether oxygens (including phenoxy) is 1. The Morgan fingerprint density at radius 1 is 1.32 bits per heavy atom. The van der Waals surface area contributed by atoms with Crippen LogP contribution in [0.4, 0.5) is 19.0 Å². The molecular weight excluding hydrogens is 337 g/mol. The Bertz CT molecular complexity index is 570. The molecular formula is C16H23F3N4O2. The van der Waals surface area contributed by atoms with Crippen LogP contribution in [0.2, 0.25) is 0 Å². The second-order valence-corrected chi connectivity index (χ2v) is 6.44. The quantitative estimate of drug-likeness (QED) is 0.808. The number of carbonyl (C=O) groups is 1. The van der Waals surface area contributed by atoms with E-state index in [0.29, 0.717) is 31.7 Å². The van der Waals surface area contributed by atoms with E-state index in [4.69, 9.17) is 0 Å². The molecule has 0 aromatic carbocycles. The summed E-state index contributed by atoms with van der Waals surface area (Å²) < 4.78 is 40.9. The molecule has 0 saturated carbocycles. The van der Waals surface area contributed by atoms with Crippen molar-refractivity contribution >= 4 is 11.7 Å². The maximum atomic E-state index is 12.4. The Kier molecular flexibility index (Phi) is 6.07. The first-order valence-electron chi connectivity index (χ1n) is 8.22. The van der Waals surface area contributed by atoms with E-state index in [-0.39, 0.29) is 23.7 Å². The van der Waals surface area contributed by atoms with Gasteiger partial charge >= 0.3 is 6.18 Å². The van der Waals surface area contributed by atoms with E-state index in [0.717, 1.165) is 0 Å². The molecule has 25 heavy (non-hydrogen) atoms. The Hall–Kier alpha value is -2.06. The molecule has 1 amide bonds. The van der Waals surface area contributed by atoms with Gasteiger partial charge in [-0.15, -0.1) is 10.2 Å². The molecule has 140 valence electrons. The fraction of sp³-hybridized carbons (Fsp3) is 0.688. The highest BCUT2D eigenvalue weighted by atomic mass is 19.4. The topological polar surface area (TPSA) is 58.6 Å². The zero-order chi connectivity index (χ0) is 18.6. The summed E-state index contributed by atoms with van der Waals surface area (Å²) in [7, 11) is 1.81. The van der Waals surface area contributed by atoms with Crippen LogP contribution in [-0.4, -0.2) is 60.0 Å². The summed E-state index contributed by atoms with van der Waals surface area (Å²) >= 11 is 0. The average molecular weight is 360 g/mol. The summed E-state index contributed by atoms with van der Waals surface area (Å²) in [5.41, 5.74) is 0. The monoisotopic (exact) mass is 360 g/mol. The number of piperidine rings is 1. The van der Waals surface area contributed by atoms with Crippen molar-refractivity contribution in [3.8, 4) is 5.88 Å². The molecule has 0 atom stereocenters. The van der Waals surface area contributed by atoms with Gasteiger partial charge in [-0.1, -0.05) is 0 Å². The van der Waals surface area contributed by atoms with Crippen LogP contribution in [0.15, 0.2) is 12.1 Å². The van der Waals surface area contributed by atoms with Gasteiger partial charge in [0.1, 0.15) is 0 Å². The fourth-order valence-electron chi connectivity index (χ4n) is 2.61. The highest BCUT2D eigenvalue weighted by molar-refractivity contribution is 5.79. The molecule has 0 aliphatic carbocycles. The summed E-state index contributed by atoms with van der Waals surface area (Å²) in [6, 6.07) is 3.12. The molecule has 6 nitrogen and oxygen atoms in total. The number of nitrogens with zero attached hydrogens (tertiary/aromatic N) is 4. The number of hydrogen-bond donors (Lipinski definition) is 0. The number of carbonyl (C=O) groups excluding carboxylic acids is 1. The van der Waals surface area contributed by atoms with Gasteiger partial charge in [0, 0.05) is 38.2 Å². The fourth-order valence-corrected chi connectivity index (χ4v) is 2.61. The molecule has 1 aliphatic heterocycles. The van der Waals surface area contributed by atoms with Crippen molar-refractivity contribution in [1.29, 1.82) is 0 Å². The molecule has 0 bridgehead atoms. The van der Waals surface area contributed by atoms with Gasteiger partial charge in [-0.25, -0.2) is 0 Å². The lowest BCUT2D eigenvalue weighted by Gasteiger charge is -2.34. The number of halogens is 3. The molecule has 1 aromatic rings. The number of aromatic nitrogens is 2. The molecule has 1 saturated heterocycles. The largest absolute Gasteiger partial charge is 0.467 e. The predicted octanol–water partition coefficient (Wildman–Crippen LogP) is 2.50. The van der Waals surface area contributed by atoms with Crippen LogP contribution < -0.4 is 9.64 Å². The minimum Gasteiger partial charge on any atom is -0.467 e. The van der Waals surface area contributed by atoms with Crippen molar-refractivity contribution in [3.05, 3.63) is 12.1 Å². The van der Waals surface area contributed by atoms with E-state index in [1.54, 1.807) is 11.0 Å². The zero-order valence-corrected chi connectivity index (χ0v) is 14.6. The average Bonchev–Trinajstić information content (AvgIpc) is 2.58. The first-order chi connectivity index (χ1) is 11.7. The molecule has 2 rings (SSSR count). The summed E-state index contributed by atoms with van der Waals surface area (Å²) in [6.07, 6.45) is -2.98. The van der Waals surface area contributed by atoms with Gasteiger partial charge in [0.2, 0.25) is 11.8 Å². The Morgan fingerprint density at radius 2 is 1.96 bits per heavy atom. The molecule has 0 radical (unpaired) electrons. The van der Waals surface area contributed by atoms with E-state index in [9.17, 15) is 18.0 Å². The molecule has 9 heteroatoms. The van der Waals surface area contributed by atoms with Crippen molar-refractivity contribution < 1.29 is 22.7 Å². The minimum atomic E-state index is -4.40. The van der Waals surface area contributed by atoms with Crippen LogP contribution in [0.5, 0.6) is 5.88 Å². The van der Waals surface area contributed by atoms with Gasteiger partial charge < -0.3 is 14.5 Å². The van der Waals surface area contributed by atoms with Crippen LogP contribution in [0.3, 0.4) is 0 Å². The van der Waals surface area contributed by atoms with E-state index >= 15 is 0 Å². The smallest absolute Gasteiger partial charge is 0.422 e. The van der Waals surface area contributed by atoms with Crippen molar-refractivity contribution in [3.63, 3.8) is 0 Å². The van der Waals surface area contributed by atoms with Gasteiger partial charge in [-0.3, -0.25) is 4.79 Å². The molecule has 2 heterocycles. The van der Waals surface area contributed by atoms with Crippen molar-refractivity contribution in [2.75, 3.05) is 31.6 Å². The van der Waals surface area contributed by atoms with Gasteiger partial charge in [0.05, 0.1) is 0 Å². The minimum absolute atomic E-state index is 0.00833. The zero-order valence-electron chi connectivity index (χ0n) is 14.6.